The largest absolute Gasteiger partial charge is 0.323 e. The van der Waals surface area contributed by atoms with E-state index in [1.807, 2.05) is 52.0 Å². The Labute approximate surface area is 196 Å². The van der Waals surface area contributed by atoms with Crippen LogP contribution in [0.3, 0.4) is 0 Å². The zero-order valence-corrected chi connectivity index (χ0v) is 20.3. The first-order valence-electron chi connectivity index (χ1n) is 10.3. The van der Waals surface area contributed by atoms with Gasteiger partial charge >= 0.3 is 6.03 Å². The standard InChI is InChI=1S/C24H24N4O3S2/c1-14-5-8-19(9-6-14)33(30,31)28-24-27-22-17(4)12-18(13-21(22)32-24)25-23(29)26-20-10-7-15(2)11-16(20)3/h5-13H,1-4H3,(H,27,28)(H2,25,26,29). The summed E-state index contributed by atoms with van der Waals surface area (Å²) in [5.74, 6) is 0. The Balaban J connectivity index is 1.54. The van der Waals surface area contributed by atoms with E-state index in [9.17, 15) is 13.2 Å². The molecule has 7 nitrogen and oxygen atoms in total. The molecule has 4 aromatic rings. The number of anilines is 3. The molecule has 170 valence electrons. The van der Waals surface area contributed by atoms with Gasteiger partial charge in [0.2, 0.25) is 0 Å². The van der Waals surface area contributed by atoms with Crippen LogP contribution in [0, 0.1) is 27.7 Å². The number of carbonyl (C=O) groups is 1. The van der Waals surface area contributed by atoms with Crippen LogP contribution < -0.4 is 15.4 Å². The number of aryl methyl sites for hydroxylation is 4. The average molecular weight is 481 g/mol. The number of nitrogens with zero attached hydrogens (tertiary/aromatic N) is 1. The summed E-state index contributed by atoms with van der Waals surface area (Å²) in [7, 11) is -3.74. The second-order valence-corrected chi connectivity index (χ2v) is 10.7. The van der Waals surface area contributed by atoms with Crippen LogP contribution in [-0.4, -0.2) is 19.4 Å². The number of nitrogens with one attached hydrogen (secondary N) is 3. The number of thiazole rings is 1. The molecule has 0 saturated carbocycles. The van der Waals surface area contributed by atoms with E-state index in [1.54, 1.807) is 30.3 Å². The summed E-state index contributed by atoms with van der Waals surface area (Å²) in [5, 5.41) is 5.97. The third-order valence-electron chi connectivity index (χ3n) is 5.13. The van der Waals surface area contributed by atoms with E-state index < -0.39 is 10.0 Å². The van der Waals surface area contributed by atoms with Crippen LogP contribution in [0.15, 0.2) is 59.5 Å². The molecule has 0 spiro atoms. The van der Waals surface area contributed by atoms with Gasteiger partial charge in [-0.3, -0.25) is 4.72 Å². The molecule has 3 aromatic carbocycles. The molecule has 0 bridgehead atoms. The van der Waals surface area contributed by atoms with E-state index in [0.29, 0.717) is 11.2 Å². The van der Waals surface area contributed by atoms with Crippen molar-refractivity contribution >= 4 is 54.1 Å². The molecule has 0 saturated heterocycles. The van der Waals surface area contributed by atoms with Crippen LogP contribution in [-0.2, 0) is 10.0 Å². The van der Waals surface area contributed by atoms with Gasteiger partial charge in [0.15, 0.2) is 5.13 Å². The van der Waals surface area contributed by atoms with Crippen LogP contribution in [0.25, 0.3) is 10.2 Å². The minimum Gasteiger partial charge on any atom is -0.308 e. The zero-order valence-electron chi connectivity index (χ0n) is 18.7. The molecule has 0 unspecified atom stereocenters. The Bertz CT molecular complexity index is 1460. The number of sulfonamides is 1. The first-order valence-corrected chi connectivity index (χ1v) is 12.6. The van der Waals surface area contributed by atoms with E-state index in [4.69, 9.17) is 0 Å². The van der Waals surface area contributed by atoms with Gasteiger partial charge in [0.25, 0.3) is 10.0 Å². The molecular formula is C24H24N4O3S2. The van der Waals surface area contributed by atoms with E-state index in [2.05, 4.69) is 20.3 Å². The smallest absolute Gasteiger partial charge is 0.308 e. The fourth-order valence-electron chi connectivity index (χ4n) is 3.44. The molecule has 1 heterocycles. The SMILES string of the molecule is Cc1ccc(S(=O)(=O)Nc2nc3c(C)cc(NC(=O)Nc4ccc(C)cc4C)cc3s2)cc1. The van der Waals surface area contributed by atoms with Crippen molar-refractivity contribution in [2.75, 3.05) is 15.4 Å². The van der Waals surface area contributed by atoms with Crippen molar-refractivity contribution in [1.29, 1.82) is 0 Å². The maximum absolute atomic E-state index is 12.7. The van der Waals surface area contributed by atoms with Gasteiger partial charge in [-0.15, -0.1) is 0 Å². The van der Waals surface area contributed by atoms with E-state index >= 15 is 0 Å². The number of aromatic nitrogens is 1. The van der Waals surface area contributed by atoms with Gasteiger partial charge in [-0.2, -0.15) is 0 Å². The van der Waals surface area contributed by atoms with Gasteiger partial charge in [0, 0.05) is 11.4 Å². The molecule has 0 atom stereocenters. The van der Waals surface area contributed by atoms with Gasteiger partial charge in [-0.25, -0.2) is 18.2 Å². The lowest BCUT2D eigenvalue weighted by atomic mass is 10.1. The Kier molecular flexibility index (Phi) is 6.09. The number of fused-ring (bicyclic) bond motifs is 1. The van der Waals surface area contributed by atoms with Crippen molar-refractivity contribution < 1.29 is 13.2 Å². The number of rotatable bonds is 5. The highest BCUT2D eigenvalue weighted by molar-refractivity contribution is 7.93. The molecule has 0 radical (unpaired) electrons. The Hall–Kier alpha value is -3.43. The Morgan fingerprint density at radius 2 is 1.55 bits per heavy atom. The maximum atomic E-state index is 12.7. The van der Waals surface area contributed by atoms with Crippen molar-refractivity contribution in [3.05, 3.63) is 76.9 Å². The lowest BCUT2D eigenvalue weighted by Gasteiger charge is -2.11. The number of hydrogen-bond donors (Lipinski definition) is 3. The Morgan fingerprint density at radius 3 is 2.24 bits per heavy atom. The third-order valence-corrected chi connectivity index (χ3v) is 7.53. The lowest BCUT2D eigenvalue weighted by Crippen LogP contribution is -2.20. The monoisotopic (exact) mass is 480 g/mol. The summed E-state index contributed by atoms with van der Waals surface area (Å²) in [6, 6.07) is 15.7. The fraction of sp³-hybridized carbons (Fsp3) is 0.167. The van der Waals surface area contributed by atoms with Crippen LogP contribution in [0.5, 0.6) is 0 Å². The predicted molar refractivity (Wildman–Crippen MR) is 135 cm³/mol. The molecule has 2 amide bonds. The molecule has 0 aliphatic rings. The second kappa shape index (κ2) is 8.84. The number of urea groups is 1. The maximum Gasteiger partial charge on any atom is 0.323 e. The summed E-state index contributed by atoms with van der Waals surface area (Å²) in [5.41, 5.74) is 5.92. The van der Waals surface area contributed by atoms with E-state index in [-0.39, 0.29) is 16.1 Å². The first-order chi connectivity index (χ1) is 15.6. The number of carbonyl (C=O) groups excluding carboxylic acids is 1. The highest BCUT2D eigenvalue weighted by Gasteiger charge is 2.17. The molecule has 3 N–H and O–H groups in total. The molecule has 4 rings (SSSR count). The molecule has 0 aliphatic carbocycles. The summed E-state index contributed by atoms with van der Waals surface area (Å²) < 4.78 is 28.7. The molecule has 0 fully saturated rings. The van der Waals surface area contributed by atoms with Crippen molar-refractivity contribution in [3.8, 4) is 0 Å². The van der Waals surface area contributed by atoms with Gasteiger partial charge in [0.05, 0.1) is 15.1 Å². The van der Waals surface area contributed by atoms with Crippen LogP contribution >= 0.6 is 11.3 Å². The van der Waals surface area contributed by atoms with Crippen molar-refractivity contribution in [2.45, 2.75) is 32.6 Å². The summed E-state index contributed by atoms with van der Waals surface area (Å²) >= 11 is 1.21. The number of hydrogen-bond acceptors (Lipinski definition) is 5. The van der Waals surface area contributed by atoms with Crippen LogP contribution in [0.2, 0.25) is 0 Å². The van der Waals surface area contributed by atoms with E-state index in [0.717, 1.165) is 32.6 Å². The predicted octanol–water partition coefficient (Wildman–Crippen LogP) is 5.97. The molecule has 1 aromatic heterocycles. The highest BCUT2D eigenvalue weighted by atomic mass is 32.2. The number of amides is 2. The van der Waals surface area contributed by atoms with Gasteiger partial charge in [0.1, 0.15) is 0 Å². The minimum atomic E-state index is -3.74. The van der Waals surface area contributed by atoms with Crippen LogP contribution in [0.1, 0.15) is 22.3 Å². The summed E-state index contributed by atoms with van der Waals surface area (Å²) in [6.45, 7) is 7.70. The van der Waals surface area contributed by atoms with Crippen LogP contribution in [0.4, 0.5) is 21.3 Å². The normalized spacial score (nSPS) is 11.4. The van der Waals surface area contributed by atoms with Gasteiger partial charge in [-0.1, -0.05) is 46.7 Å². The quantitative estimate of drug-likeness (QED) is 0.327. The van der Waals surface area contributed by atoms with Gasteiger partial charge in [-0.05, 0) is 69.2 Å². The molecule has 9 heteroatoms. The minimum absolute atomic E-state index is 0.175. The summed E-state index contributed by atoms with van der Waals surface area (Å²) in [4.78, 5) is 17.1. The average Bonchev–Trinajstić information content (AvgIpc) is 3.12. The third kappa shape index (κ3) is 5.15. The number of benzene rings is 3. The molecule has 33 heavy (non-hydrogen) atoms. The van der Waals surface area contributed by atoms with Crippen molar-refractivity contribution in [3.63, 3.8) is 0 Å². The second-order valence-electron chi connectivity index (χ2n) is 7.97. The van der Waals surface area contributed by atoms with Crippen molar-refractivity contribution in [2.24, 2.45) is 0 Å². The molecular weight excluding hydrogens is 456 g/mol. The zero-order chi connectivity index (χ0) is 23.8. The topological polar surface area (TPSA) is 100 Å². The fourth-order valence-corrected chi connectivity index (χ4v) is 5.66. The lowest BCUT2D eigenvalue weighted by molar-refractivity contribution is 0.262. The first kappa shape index (κ1) is 22.8. The highest BCUT2D eigenvalue weighted by Crippen LogP contribution is 2.32. The summed E-state index contributed by atoms with van der Waals surface area (Å²) in [6.07, 6.45) is 0. The van der Waals surface area contributed by atoms with Gasteiger partial charge < -0.3 is 10.6 Å². The van der Waals surface area contributed by atoms with E-state index in [1.165, 1.54) is 11.3 Å². The Morgan fingerprint density at radius 1 is 0.848 bits per heavy atom. The van der Waals surface area contributed by atoms with Crippen molar-refractivity contribution in [1.82, 2.24) is 4.98 Å². The molecule has 0 aliphatic heterocycles.